The molecule has 1 unspecified atom stereocenters. The first-order valence-electron chi connectivity index (χ1n) is 4.85. The molecule has 1 heterocycles. The first-order chi connectivity index (χ1) is 7.09. The van der Waals surface area contributed by atoms with Gasteiger partial charge in [-0.2, -0.15) is 5.10 Å². The van der Waals surface area contributed by atoms with Crippen LogP contribution in [0.4, 0.5) is 4.79 Å². The van der Waals surface area contributed by atoms with Gasteiger partial charge in [-0.15, -0.1) is 0 Å². The highest BCUT2D eigenvalue weighted by atomic mass is 16.2. The number of nitrogens with one attached hydrogen (secondary N) is 2. The summed E-state index contributed by atoms with van der Waals surface area (Å²) >= 11 is 0. The summed E-state index contributed by atoms with van der Waals surface area (Å²) in [6.45, 7) is 3.25. The molecular weight excluding hydrogens is 194 g/mol. The molecule has 0 aliphatic heterocycles. The summed E-state index contributed by atoms with van der Waals surface area (Å²) in [6.07, 6.45) is 3.78. The van der Waals surface area contributed by atoms with Gasteiger partial charge in [-0.25, -0.2) is 4.79 Å². The molecule has 4 N–H and O–H groups in total. The third kappa shape index (κ3) is 3.99. The lowest BCUT2D eigenvalue weighted by Gasteiger charge is -2.11. The van der Waals surface area contributed by atoms with Crippen molar-refractivity contribution >= 4 is 6.03 Å². The topological polar surface area (TPSA) is 85.0 Å². The second-order valence-electron chi connectivity index (χ2n) is 3.41. The Morgan fingerprint density at radius 3 is 2.93 bits per heavy atom. The number of carbonyl (C=O) groups excluding carboxylic acids is 1. The number of carbonyl (C=O) groups is 1. The van der Waals surface area contributed by atoms with Gasteiger partial charge in [0.25, 0.3) is 0 Å². The summed E-state index contributed by atoms with van der Waals surface area (Å²) in [6, 6.07) is -0.279. The molecule has 0 spiro atoms. The average Bonchev–Trinajstić information content (AvgIpc) is 2.59. The number of nitrogens with zero attached hydrogens (tertiary/aromatic N) is 2. The fraction of sp³-hybridized carbons (Fsp3) is 0.556. The van der Waals surface area contributed by atoms with Gasteiger partial charge >= 0.3 is 6.03 Å². The van der Waals surface area contributed by atoms with Crippen LogP contribution in [0.5, 0.6) is 0 Å². The lowest BCUT2D eigenvalue weighted by molar-refractivity contribution is 0.249. The van der Waals surface area contributed by atoms with E-state index >= 15 is 0 Å². The van der Waals surface area contributed by atoms with Crippen LogP contribution in [0, 0.1) is 0 Å². The van der Waals surface area contributed by atoms with Crippen LogP contribution in [0.15, 0.2) is 12.4 Å². The summed E-state index contributed by atoms with van der Waals surface area (Å²) in [5.74, 6) is 0. The minimum atomic E-state index is -0.495. The Kier molecular flexibility index (Phi) is 4.11. The fourth-order valence-electron chi connectivity index (χ4n) is 1.26. The Hall–Kier alpha value is -1.56. The van der Waals surface area contributed by atoms with Crippen molar-refractivity contribution in [1.29, 1.82) is 0 Å². The van der Waals surface area contributed by atoms with Gasteiger partial charge < -0.3 is 16.4 Å². The lowest BCUT2D eigenvalue weighted by atomic mass is 10.2. The van der Waals surface area contributed by atoms with E-state index in [4.69, 9.17) is 5.73 Å². The molecule has 0 aliphatic rings. The van der Waals surface area contributed by atoms with Gasteiger partial charge in [0.1, 0.15) is 0 Å². The number of rotatable bonds is 5. The van der Waals surface area contributed by atoms with Gasteiger partial charge in [0.15, 0.2) is 0 Å². The Balaban J connectivity index is 2.24. The van der Waals surface area contributed by atoms with Crippen LogP contribution >= 0.6 is 0 Å². The van der Waals surface area contributed by atoms with Crippen LogP contribution in [0.3, 0.4) is 0 Å². The molecule has 84 valence electrons. The number of hydrogen-bond acceptors (Lipinski definition) is 3. The van der Waals surface area contributed by atoms with Crippen molar-refractivity contribution in [3.05, 3.63) is 18.0 Å². The van der Waals surface area contributed by atoms with E-state index in [2.05, 4.69) is 15.7 Å². The van der Waals surface area contributed by atoms with Crippen molar-refractivity contribution in [2.75, 3.05) is 13.1 Å². The normalized spacial score (nSPS) is 12.4. The maximum absolute atomic E-state index is 10.4. The number of amides is 2. The predicted octanol–water partition coefficient (Wildman–Crippen LogP) is -0.261. The van der Waals surface area contributed by atoms with Gasteiger partial charge in [0, 0.05) is 37.9 Å². The van der Waals surface area contributed by atoms with Crippen LogP contribution in [-0.2, 0) is 7.05 Å². The number of hydrogen-bond donors (Lipinski definition) is 3. The van der Waals surface area contributed by atoms with Crippen LogP contribution in [0.2, 0.25) is 0 Å². The largest absolute Gasteiger partial charge is 0.352 e. The molecule has 0 aromatic carbocycles. The highest BCUT2D eigenvalue weighted by molar-refractivity contribution is 5.71. The molecule has 6 heteroatoms. The van der Waals surface area contributed by atoms with E-state index in [-0.39, 0.29) is 6.04 Å². The van der Waals surface area contributed by atoms with Crippen molar-refractivity contribution in [2.24, 2.45) is 12.8 Å². The molecule has 0 bridgehead atoms. The van der Waals surface area contributed by atoms with Crippen LogP contribution in [0.1, 0.15) is 18.5 Å². The molecule has 1 atom stereocenters. The van der Waals surface area contributed by atoms with E-state index < -0.39 is 6.03 Å². The molecule has 1 aromatic heterocycles. The van der Waals surface area contributed by atoms with Crippen LogP contribution in [-0.4, -0.2) is 28.9 Å². The third-order valence-electron chi connectivity index (χ3n) is 2.10. The van der Waals surface area contributed by atoms with E-state index in [0.717, 1.165) is 5.56 Å². The second kappa shape index (κ2) is 5.35. The predicted molar refractivity (Wildman–Crippen MR) is 57.2 cm³/mol. The van der Waals surface area contributed by atoms with Gasteiger partial charge in [-0.3, -0.25) is 4.68 Å². The van der Waals surface area contributed by atoms with Gasteiger partial charge in [0.2, 0.25) is 0 Å². The number of aromatic nitrogens is 2. The first kappa shape index (κ1) is 11.5. The Labute approximate surface area is 88.8 Å². The standard InChI is InChI=1S/C9H17N5O/c1-7(8-5-13-14(2)6-8)11-3-4-12-9(10)15/h5-7,11H,3-4H2,1-2H3,(H3,10,12,15). The van der Waals surface area contributed by atoms with Crippen LogP contribution < -0.4 is 16.4 Å². The van der Waals surface area contributed by atoms with Crippen molar-refractivity contribution in [1.82, 2.24) is 20.4 Å². The number of urea groups is 1. The zero-order valence-corrected chi connectivity index (χ0v) is 9.03. The van der Waals surface area contributed by atoms with E-state index in [1.807, 2.05) is 26.4 Å². The maximum atomic E-state index is 10.4. The summed E-state index contributed by atoms with van der Waals surface area (Å²) in [7, 11) is 1.88. The third-order valence-corrected chi connectivity index (χ3v) is 2.10. The Bertz CT molecular complexity index is 322. The highest BCUT2D eigenvalue weighted by Gasteiger charge is 2.05. The minimum Gasteiger partial charge on any atom is -0.352 e. The molecule has 0 fully saturated rings. The molecule has 2 amide bonds. The summed E-state index contributed by atoms with van der Waals surface area (Å²) in [5, 5.41) is 9.84. The van der Waals surface area contributed by atoms with Gasteiger partial charge in [-0.05, 0) is 6.92 Å². The summed E-state index contributed by atoms with van der Waals surface area (Å²) < 4.78 is 1.76. The Morgan fingerprint density at radius 1 is 1.67 bits per heavy atom. The highest BCUT2D eigenvalue weighted by Crippen LogP contribution is 2.09. The fourth-order valence-corrected chi connectivity index (χ4v) is 1.26. The first-order valence-corrected chi connectivity index (χ1v) is 4.85. The molecule has 0 radical (unpaired) electrons. The smallest absolute Gasteiger partial charge is 0.312 e. The molecule has 15 heavy (non-hydrogen) atoms. The molecule has 0 aliphatic carbocycles. The Morgan fingerprint density at radius 2 is 2.40 bits per heavy atom. The number of nitrogens with two attached hydrogens (primary N) is 1. The number of aryl methyl sites for hydroxylation is 1. The SMILES string of the molecule is CC(NCCNC(N)=O)c1cnn(C)c1. The molecular formula is C9H17N5O. The lowest BCUT2D eigenvalue weighted by Crippen LogP contribution is -2.35. The zero-order valence-electron chi connectivity index (χ0n) is 9.03. The monoisotopic (exact) mass is 211 g/mol. The summed E-state index contributed by atoms with van der Waals surface area (Å²) in [5.41, 5.74) is 6.05. The molecule has 0 saturated carbocycles. The molecule has 1 aromatic rings. The molecule has 6 nitrogen and oxygen atoms in total. The van der Waals surface area contributed by atoms with E-state index in [0.29, 0.717) is 13.1 Å². The van der Waals surface area contributed by atoms with Crippen LogP contribution in [0.25, 0.3) is 0 Å². The maximum Gasteiger partial charge on any atom is 0.312 e. The van der Waals surface area contributed by atoms with Crippen molar-refractivity contribution in [3.63, 3.8) is 0 Å². The quantitative estimate of drug-likeness (QED) is 0.586. The average molecular weight is 211 g/mol. The van der Waals surface area contributed by atoms with Gasteiger partial charge in [0.05, 0.1) is 6.20 Å². The summed E-state index contributed by atoms with van der Waals surface area (Å²) in [4.78, 5) is 10.4. The van der Waals surface area contributed by atoms with E-state index in [9.17, 15) is 4.79 Å². The van der Waals surface area contributed by atoms with E-state index in [1.54, 1.807) is 4.68 Å². The van der Waals surface area contributed by atoms with Gasteiger partial charge in [-0.1, -0.05) is 0 Å². The molecule has 1 rings (SSSR count). The van der Waals surface area contributed by atoms with Crippen molar-refractivity contribution in [3.8, 4) is 0 Å². The number of primary amides is 1. The minimum absolute atomic E-state index is 0.216. The van der Waals surface area contributed by atoms with Crippen molar-refractivity contribution < 1.29 is 4.79 Å². The van der Waals surface area contributed by atoms with E-state index in [1.165, 1.54) is 0 Å². The zero-order chi connectivity index (χ0) is 11.3. The molecule has 0 saturated heterocycles. The second-order valence-corrected chi connectivity index (χ2v) is 3.41. The van der Waals surface area contributed by atoms with Crippen molar-refractivity contribution in [2.45, 2.75) is 13.0 Å².